The fraction of sp³-hybridized carbons (Fsp3) is 0.429. The number of imidazole rings is 1. The van der Waals surface area contributed by atoms with Crippen molar-refractivity contribution >= 4 is 56.9 Å². The molecule has 2 fully saturated rings. The fourth-order valence-corrected chi connectivity index (χ4v) is 5.89. The molecule has 2 aliphatic rings. The molecular weight excluding hydrogens is 534 g/mol. The number of amides is 2. The van der Waals surface area contributed by atoms with Gasteiger partial charge >= 0.3 is 0 Å². The number of hydrogen-bond acceptors (Lipinski definition) is 7. The first kappa shape index (κ1) is 26.5. The molecular formula is C28H32ClN7O4. The molecule has 11 nitrogen and oxygen atoms in total. The minimum atomic E-state index is -0.418. The van der Waals surface area contributed by atoms with Crippen molar-refractivity contribution in [3.05, 3.63) is 51.1 Å². The zero-order valence-electron chi connectivity index (χ0n) is 22.7. The van der Waals surface area contributed by atoms with Gasteiger partial charge in [-0.3, -0.25) is 23.7 Å². The molecule has 2 aliphatic heterocycles. The lowest BCUT2D eigenvalue weighted by atomic mass is 10.1. The topological polar surface area (TPSA) is 104 Å². The molecule has 0 saturated carbocycles. The van der Waals surface area contributed by atoms with Crippen LogP contribution in [0.15, 0.2) is 35.1 Å². The van der Waals surface area contributed by atoms with Gasteiger partial charge in [-0.05, 0) is 30.3 Å². The molecule has 2 saturated heterocycles. The van der Waals surface area contributed by atoms with Crippen LogP contribution in [-0.4, -0.2) is 101 Å². The number of hydrogen-bond donors (Lipinski definition) is 1. The number of halogens is 1. The smallest absolute Gasteiger partial charge is 0.259 e. The molecule has 210 valence electrons. The van der Waals surface area contributed by atoms with Crippen LogP contribution in [0.1, 0.15) is 17.3 Å². The Hall–Kier alpha value is -3.67. The van der Waals surface area contributed by atoms with Crippen molar-refractivity contribution < 1.29 is 14.3 Å². The molecule has 1 N–H and O–H groups in total. The van der Waals surface area contributed by atoms with Gasteiger partial charge < -0.3 is 24.4 Å². The molecule has 0 atom stereocenters. The number of pyridine rings is 2. The van der Waals surface area contributed by atoms with Gasteiger partial charge in [0.1, 0.15) is 17.0 Å². The molecule has 3 aromatic heterocycles. The van der Waals surface area contributed by atoms with Gasteiger partial charge in [-0.1, -0.05) is 11.6 Å². The summed E-state index contributed by atoms with van der Waals surface area (Å²) in [5, 5.41) is 3.89. The van der Waals surface area contributed by atoms with E-state index in [1.54, 1.807) is 19.1 Å². The number of aryl methyl sites for hydroxylation is 1. The van der Waals surface area contributed by atoms with Gasteiger partial charge in [0.05, 0.1) is 29.6 Å². The average Bonchev–Trinajstić information content (AvgIpc) is 3.25. The Balaban J connectivity index is 1.44. The lowest BCUT2D eigenvalue weighted by Gasteiger charge is -2.35. The van der Waals surface area contributed by atoms with Crippen molar-refractivity contribution in [2.75, 3.05) is 70.5 Å². The summed E-state index contributed by atoms with van der Waals surface area (Å²) >= 11 is 6.35. The Morgan fingerprint density at radius 3 is 2.50 bits per heavy atom. The van der Waals surface area contributed by atoms with Crippen molar-refractivity contribution in [2.45, 2.75) is 6.92 Å². The summed E-state index contributed by atoms with van der Waals surface area (Å²) in [5.41, 5.74) is 2.23. The Morgan fingerprint density at radius 1 is 1.02 bits per heavy atom. The highest BCUT2D eigenvalue weighted by atomic mass is 35.5. The molecule has 0 bridgehead atoms. The number of piperazine rings is 1. The first-order valence-electron chi connectivity index (χ1n) is 13.6. The van der Waals surface area contributed by atoms with Crippen molar-refractivity contribution in [1.29, 1.82) is 0 Å². The van der Waals surface area contributed by atoms with E-state index in [0.29, 0.717) is 74.2 Å². The molecule has 0 spiro atoms. The fourth-order valence-electron chi connectivity index (χ4n) is 5.72. The highest BCUT2D eigenvalue weighted by molar-refractivity contribution is 6.31. The van der Waals surface area contributed by atoms with E-state index in [1.165, 1.54) is 0 Å². The van der Waals surface area contributed by atoms with Gasteiger partial charge in [0.2, 0.25) is 11.3 Å². The van der Waals surface area contributed by atoms with Crippen LogP contribution in [0.25, 0.3) is 27.7 Å². The van der Waals surface area contributed by atoms with Crippen LogP contribution >= 0.6 is 11.6 Å². The first-order chi connectivity index (χ1) is 19.3. The monoisotopic (exact) mass is 565 g/mol. The molecule has 40 heavy (non-hydrogen) atoms. The van der Waals surface area contributed by atoms with Gasteiger partial charge in [-0.15, -0.1) is 0 Å². The van der Waals surface area contributed by atoms with E-state index in [1.807, 2.05) is 39.1 Å². The first-order valence-corrected chi connectivity index (χ1v) is 13.9. The number of ether oxygens (including phenoxy) is 1. The van der Waals surface area contributed by atoms with E-state index in [0.717, 1.165) is 29.9 Å². The Kier molecular flexibility index (Phi) is 7.11. The standard InChI is InChI=1S/C28H32ClN7O4/c1-18(37)34-9-11-35(12-10-34)23-6-4-20-25(38)24(27(39)30-7-8-33-13-15-40-16-14-33)28-32(2)22-17-19(29)3-5-21(22)36(28)26(20)31-23/h3-6,17H,7-16H2,1-2H3,(H,30,39). The van der Waals surface area contributed by atoms with E-state index in [-0.39, 0.29) is 16.9 Å². The van der Waals surface area contributed by atoms with Crippen LogP contribution < -0.4 is 15.6 Å². The lowest BCUT2D eigenvalue weighted by molar-refractivity contribution is -0.129. The van der Waals surface area contributed by atoms with Gasteiger partial charge in [0.25, 0.3) is 5.91 Å². The summed E-state index contributed by atoms with van der Waals surface area (Å²) in [5.74, 6) is 0.362. The van der Waals surface area contributed by atoms with Crippen molar-refractivity contribution in [1.82, 2.24) is 29.1 Å². The molecule has 0 aliphatic carbocycles. The van der Waals surface area contributed by atoms with Crippen LogP contribution in [0.3, 0.4) is 0 Å². The van der Waals surface area contributed by atoms with E-state index in [2.05, 4.69) is 15.1 Å². The molecule has 0 radical (unpaired) electrons. The van der Waals surface area contributed by atoms with Crippen molar-refractivity contribution in [3.63, 3.8) is 0 Å². The molecule has 2 amide bonds. The number of carbonyl (C=O) groups is 2. The number of nitrogens with zero attached hydrogens (tertiary/aromatic N) is 6. The predicted octanol–water partition coefficient (Wildman–Crippen LogP) is 1.72. The third-order valence-corrected chi connectivity index (χ3v) is 8.17. The summed E-state index contributed by atoms with van der Waals surface area (Å²) in [6.07, 6.45) is 0. The third-order valence-electron chi connectivity index (χ3n) is 7.93. The Morgan fingerprint density at radius 2 is 1.77 bits per heavy atom. The largest absolute Gasteiger partial charge is 0.379 e. The number of rotatable bonds is 5. The summed E-state index contributed by atoms with van der Waals surface area (Å²) in [7, 11) is 1.83. The van der Waals surface area contributed by atoms with Crippen molar-refractivity contribution in [3.8, 4) is 0 Å². The Labute approximate surface area is 235 Å². The minimum absolute atomic E-state index is 0.0598. The van der Waals surface area contributed by atoms with E-state index >= 15 is 0 Å². The molecule has 0 unspecified atom stereocenters. The Bertz CT molecular complexity index is 1680. The van der Waals surface area contributed by atoms with Crippen LogP contribution in [0.4, 0.5) is 5.82 Å². The van der Waals surface area contributed by atoms with E-state index < -0.39 is 5.91 Å². The summed E-state index contributed by atoms with van der Waals surface area (Å²) in [6.45, 7) is 8.19. The van der Waals surface area contributed by atoms with Crippen LogP contribution in [0.5, 0.6) is 0 Å². The minimum Gasteiger partial charge on any atom is -0.379 e. The zero-order chi connectivity index (χ0) is 28.0. The van der Waals surface area contributed by atoms with Gasteiger partial charge in [0, 0.05) is 71.4 Å². The van der Waals surface area contributed by atoms with Gasteiger partial charge in [-0.25, -0.2) is 4.98 Å². The number of fused-ring (bicyclic) bond motifs is 5. The summed E-state index contributed by atoms with van der Waals surface area (Å²) < 4.78 is 9.12. The lowest BCUT2D eigenvalue weighted by Crippen LogP contribution is -2.48. The average molecular weight is 566 g/mol. The van der Waals surface area contributed by atoms with Crippen LogP contribution in [-0.2, 0) is 16.6 Å². The molecule has 1 aromatic carbocycles. The number of nitrogens with one attached hydrogen (secondary N) is 1. The van der Waals surface area contributed by atoms with Gasteiger partial charge in [0.15, 0.2) is 5.65 Å². The maximum absolute atomic E-state index is 13.9. The van der Waals surface area contributed by atoms with Gasteiger partial charge in [-0.2, -0.15) is 0 Å². The number of anilines is 1. The summed E-state index contributed by atoms with van der Waals surface area (Å²) in [6, 6.07) is 9.07. The number of aromatic nitrogens is 3. The van der Waals surface area contributed by atoms with E-state index in [9.17, 15) is 14.4 Å². The molecule has 4 aromatic rings. The predicted molar refractivity (Wildman–Crippen MR) is 155 cm³/mol. The highest BCUT2D eigenvalue weighted by Crippen LogP contribution is 2.28. The van der Waals surface area contributed by atoms with E-state index in [4.69, 9.17) is 21.3 Å². The summed E-state index contributed by atoms with van der Waals surface area (Å²) in [4.78, 5) is 50.4. The second kappa shape index (κ2) is 10.7. The molecule has 6 rings (SSSR count). The number of morpholine rings is 1. The second-order valence-electron chi connectivity index (χ2n) is 10.3. The second-order valence-corrected chi connectivity index (χ2v) is 10.7. The van der Waals surface area contributed by atoms with Crippen LogP contribution in [0.2, 0.25) is 5.02 Å². The maximum atomic E-state index is 13.9. The quantitative estimate of drug-likeness (QED) is 0.393. The number of carbonyl (C=O) groups excluding carboxylic acids is 2. The van der Waals surface area contributed by atoms with Crippen molar-refractivity contribution in [2.24, 2.45) is 7.05 Å². The SMILES string of the molecule is CC(=O)N1CCN(c2ccc3c(=O)c(C(=O)NCCN4CCOCC4)c4n(C)c5cc(Cl)ccc5n4c3n2)CC1. The molecule has 12 heteroatoms. The normalized spacial score (nSPS) is 16.8. The maximum Gasteiger partial charge on any atom is 0.259 e. The zero-order valence-corrected chi connectivity index (χ0v) is 23.4. The third kappa shape index (κ3) is 4.67. The highest BCUT2D eigenvalue weighted by Gasteiger charge is 2.26. The molecule has 5 heterocycles. The van der Waals surface area contributed by atoms with Crippen LogP contribution in [0, 0.1) is 0 Å². The number of benzene rings is 1.